The maximum absolute atomic E-state index is 11.2. The van der Waals surface area contributed by atoms with E-state index in [1.54, 1.807) is 19.1 Å². The van der Waals surface area contributed by atoms with Gasteiger partial charge in [-0.1, -0.05) is 70.0 Å². The molecule has 0 fully saturated rings. The first kappa shape index (κ1) is 19.4. The van der Waals surface area contributed by atoms with Gasteiger partial charge >= 0.3 is 0 Å². The molecule has 1 atom stereocenters. The van der Waals surface area contributed by atoms with E-state index >= 15 is 0 Å². The minimum absolute atomic E-state index is 0.102. The SMILES string of the molecule is C=Cc1c(C)c(Cl)c(O)c(/C=C/C(C)CCCC(C)C)c1N=O. The molecule has 0 saturated carbocycles. The lowest BCUT2D eigenvalue weighted by molar-refractivity contribution is 0.474. The van der Waals surface area contributed by atoms with Gasteiger partial charge in [-0.25, -0.2) is 0 Å². The molecule has 0 saturated heterocycles. The van der Waals surface area contributed by atoms with Crippen molar-refractivity contribution in [3.05, 3.63) is 39.3 Å². The minimum atomic E-state index is -0.102. The van der Waals surface area contributed by atoms with E-state index in [1.165, 1.54) is 6.42 Å². The van der Waals surface area contributed by atoms with Crippen LogP contribution in [0, 0.1) is 23.7 Å². The van der Waals surface area contributed by atoms with Crippen molar-refractivity contribution in [1.29, 1.82) is 0 Å². The number of phenols is 1. The van der Waals surface area contributed by atoms with Gasteiger partial charge in [-0.3, -0.25) is 0 Å². The largest absolute Gasteiger partial charge is 0.506 e. The van der Waals surface area contributed by atoms with Crippen LogP contribution < -0.4 is 0 Å². The summed E-state index contributed by atoms with van der Waals surface area (Å²) in [5, 5.41) is 13.6. The number of rotatable bonds is 8. The van der Waals surface area contributed by atoms with Crippen molar-refractivity contribution >= 4 is 29.4 Å². The molecule has 0 bridgehead atoms. The van der Waals surface area contributed by atoms with Gasteiger partial charge in [-0.2, -0.15) is 0 Å². The van der Waals surface area contributed by atoms with Crippen molar-refractivity contribution in [3.8, 4) is 5.75 Å². The first-order valence-corrected chi connectivity index (χ1v) is 8.40. The number of benzene rings is 1. The fraction of sp³-hybridized carbons (Fsp3) is 0.474. The van der Waals surface area contributed by atoms with Crippen molar-refractivity contribution in [2.75, 3.05) is 0 Å². The van der Waals surface area contributed by atoms with Crippen LogP contribution in [0.5, 0.6) is 5.75 Å². The lowest BCUT2D eigenvalue weighted by Crippen LogP contribution is -1.94. The zero-order chi connectivity index (χ0) is 17.6. The van der Waals surface area contributed by atoms with E-state index in [0.29, 0.717) is 28.5 Å². The number of nitroso groups, excluding NO2 is 1. The van der Waals surface area contributed by atoms with E-state index in [0.717, 1.165) is 12.8 Å². The van der Waals surface area contributed by atoms with Crippen LogP contribution in [0.25, 0.3) is 12.2 Å². The molecule has 0 aromatic heterocycles. The lowest BCUT2D eigenvalue weighted by atomic mass is 9.96. The molecule has 0 aliphatic rings. The Morgan fingerprint density at radius 1 is 1.26 bits per heavy atom. The van der Waals surface area contributed by atoms with Gasteiger partial charge in [0.25, 0.3) is 0 Å². The molecule has 1 rings (SSSR count). The molecule has 23 heavy (non-hydrogen) atoms. The van der Waals surface area contributed by atoms with E-state index in [4.69, 9.17) is 11.6 Å². The molecule has 126 valence electrons. The number of hydrogen-bond donors (Lipinski definition) is 1. The standard InChI is InChI=1S/C19H26ClNO2/c1-6-15-14(5)17(20)19(22)16(18(15)21-23)11-10-13(4)9-7-8-12(2)3/h6,10-13,22H,1,7-9H2,2-5H3/b11-10+. The second kappa shape index (κ2) is 8.88. The molecule has 0 aliphatic carbocycles. The van der Waals surface area contributed by atoms with Gasteiger partial charge in [-0.15, -0.1) is 4.91 Å². The van der Waals surface area contributed by atoms with Crippen molar-refractivity contribution in [2.24, 2.45) is 17.0 Å². The average Bonchev–Trinajstić information content (AvgIpc) is 2.51. The van der Waals surface area contributed by atoms with Gasteiger partial charge < -0.3 is 5.11 Å². The van der Waals surface area contributed by atoms with Crippen molar-refractivity contribution in [1.82, 2.24) is 0 Å². The van der Waals surface area contributed by atoms with E-state index in [9.17, 15) is 10.0 Å². The average molecular weight is 336 g/mol. The number of halogens is 1. The third kappa shape index (κ3) is 4.93. The van der Waals surface area contributed by atoms with Crippen LogP contribution in [0.4, 0.5) is 5.69 Å². The van der Waals surface area contributed by atoms with Gasteiger partial charge in [0.05, 0.1) is 5.02 Å². The topological polar surface area (TPSA) is 49.7 Å². The van der Waals surface area contributed by atoms with Gasteiger partial charge in [0.15, 0.2) is 0 Å². The smallest absolute Gasteiger partial charge is 0.143 e. The summed E-state index contributed by atoms with van der Waals surface area (Å²) in [6.45, 7) is 12.0. The van der Waals surface area contributed by atoms with Crippen LogP contribution in [0.2, 0.25) is 5.02 Å². The van der Waals surface area contributed by atoms with Crippen LogP contribution in [0.3, 0.4) is 0 Å². The highest BCUT2D eigenvalue weighted by Gasteiger charge is 2.18. The molecule has 1 N–H and O–H groups in total. The minimum Gasteiger partial charge on any atom is -0.506 e. The number of aromatic hydroxyl groups is 1. The second-order valence-electron chi connectivity index (χ2n) is 6.42. The van der Waals surface area contributed by atoms with Gasteiger partial charge in [0.1, 0.15) is 11.4 Å². The predicted molar refractivity (Wildman–Crippen MR) is 100 cm³/mol. The molecule has 0 radical (unpaired) electrons. The van der Waals surface area contributed by atoms with Crippen LogP contribution in [0.1, 0.15) is 56.7 Å². The van der Waals surface area contributed by atoms with Crippen LogP contribution in [-0.2, 0) is 0 Å². The predicted octanol–water partition coefficient (Wildman–Crippen LogP) is 6.87. The van der Waals surface area contributed by atoms with Crippen molar-refractivity contribution in [3.63, 3.8) is 0 Å². The number of phenolic OH excluding ortho intramolecular Hbond substituents is 1. The van der Waals surface area contributed by atoms with E-state index in [-0.39, 0.29) is 16.5 Å². The summed E-state index contributed by atoms with van der Waals surface area (Å²) in [6.07, 6.45) is 8.68. The Morgan fingerprint density at radius 3 is 2.43 bits per heavy atom. The molecule has 1 unspecified atom stereocenters. The van der Waals surface area contributed by atoms with E-state index in [1.807, 2.05) is 6.08 Å². The van der Waals surface area contributed by atoms with Crippen molar-refractivity contribution < 1.29 is 5.11 Å². The third-order valence-electron chi connectivity index (χ3n) is 4.03. The molecule has 1 aromatic rings. The molecule has 0 heterocycles. The summed E-state index contributed by atoms with van der Waals surface area (Å²) in [4.78, 5) is 11.2. The molecular formula is C19H26ClNO2. The van der Waals surface area contributed by atoms with Crippen LogP contribution in [0.15, 0.2) is 17.8 Å². The monoisotopic (exact) mass is 335 g/mol. The Hall–Kier alpha value is -1.61. The molecule has 3 nitrogen and oxygen atoms in total. The summed E-state index contributed by atoms with van der Waals surface area (Å²) in [7, 11) is 0. The Kier molecular flexibility index (Phi) is 7.50. The van der Waals surface area contributed by atoms with Gasteiger partial charge in [0, 0.05) is 11.1 Å². The first-order chi connectivity index (χ1) is 10.8. The maximum atomic E-state index is 11.2. The summed E-state index contributed by atoms with van der Waals surface area (Å²) < 4.78 is 0. The van der Waals surface area contributed by atoms with Gasteiger partial charge in [-0.05, 0) is 35.9 Å². The fourth-order valence-corrected chi connectivity index (χ4v) is 2.76. The zero-order valence-corrected chi connectivity index (χ0v) is 15.2. The highest BCUT2D eigenvalue weighted by atomic mass is 35.5. The normalized spacial score (nSPS) is 12.8. The Morgan fingerprint density at radius 2 is 1.91 bits per heavy atom. The summed E-state index contributed by atoms with van der Waals surface area (Å²) >= 11 is 6.15. The highest BCUT2D eigenvalue weighted by Crippen LogP contribution is 2.42. The molecule has 4 heteroatoms. The summed E-state index contributed by atoms with van der Waals surface area (Å²) in [5.74, 6) is 0.946. The summed E-state index contributed by atoms with van der Waals surface area (Å²) in [5.41, 5.74) is 1.72. The molecular weight excluding hydrogens is 310 g/mol. The molecule has 0 amide bonds. The Balaban J connectivity index is 3.08. The molecule has 1 aromatic carbocycles. The number of hydrogen-bond acceptors (Lipinski definition) is 3. The van der Waals surface area contributed by atoms with Gasteiger partial charge in [0.2, 0.25) is 0 Å². The zero-order valence-electron chi connectivity index (χ0n) is 14.4. The van der Waals surface area contributed by atoms with E-state index in [2.05, 4.69) is 32.5 Å². The fourth-order valence-electron chi connectivity index (χ4n) is 2.56. The van der Waals surface area contributed by atoms with Crippen LogP contribution in [-0.4, -0.2) is 5.11 Å². The molecule has 0 spiro atoms. The number of allylic oxidation sites excluding steroid dienone is 1. The van der Waals surface area contributed by atoms with Crippen LogP contribution >= 0.6 is 11.6 Å². The van der Waals surface area contributed by atoms with Crippen molar-refractivity contribution in [2.45, 2.75) is 47.0 Å². The highest BCUT2D eigenvalue weighted by molar-refractivity contribution is 6.33. The Labute approximate surface area is 144 Å². The lowest BCUT2D eigenvalue weighted by Gasteiger charge is -2.13. The maximum Gasteiger partial charge on any atom is 0.143 e. The molecule has 0 aliphatic heterocycles. The third-order valence-corrected chi connectivity index (χ3v) is 4.50. The number of nitrogens with zero attached hydrogens (tertiary/aromatic N) is 1. The summed E-state index contributed by atoms with van der Waals surface area (Å²) in [6, 6.07) is 0. The quantitative estimate of drug-likeness (QED) is 0.527. The second-order valence-corrected chi connectivity index (χ2v) is 6.80. The van der Waals surface area contributed by atoms with E-state index < -0.39 is 0 Å². The Bertz CT molecular complexity index is 606. The first-order valence-electron chi connectivity index (χ1n) is 8.02.